The summed E-state index contributed by atoms with van der Waals surface area (Å²) in [6, 6.07) is 1.40. The highest BCUT2D eigenvalue weighted by molar-refractivity contribution is 9.10. The molecule has 94 valence electrons. The van der Waals surface area contributed by atoms with Gasteiger partial charge in [-0.05, 0) is 48.0 Å². The third-order valence-electron chi connectivity index (χ3n) is 4.24. The van der Waals surface area contributed by atoms with Crippen molar-refractivity contribution in [1.82, 2.24) is 9.97 Å². The van der Waals surface area contributed by atoms with E-state index < -0.39 is 0 Å². The Morgan fingerprint density at radius 1 is 1.17 bits per heavy atom. The average molecular weight is 324 g/mol. The van der Waals surface area contributed by atoms with Crippen LogP contribution >= 0.6 is 27.3 Å². The molecule has 0 amide bonds. The van der Waals surface area contributed by atoms with Crippen LogP contribution in [-0.2, 0) is 0 Å². The highest BCUT2D eigenvalue weighted by Crippen LogP contribution is 2.43. The molecule has 2 fully saturated rings. The molecule has 2 aromatic rings. The lowest BCUT2D eigenvalue weighted by atomic mass is 10.0. The van der Waals surface area contributed by atoms with Gasteiger partial charge >= 0.3 is 0 Å². The third kappa shape index (κ3) is 1.53. The molecule has 0 saturated carbocycles. The zero-order valence-corrected chi connectivity index (χ0v) is 12.4. The Bertz CT molecular complexity index is 581. The molecule has 4 rings (SSSR count). The molecule has 0 spiro atoms. The van der Waals surface area contributed by atoms with Crippen molar-refractivity contribution in [2.45, 2.75) is 44.2 Å². The highest BCUT2D eigenvalue weighted by Gasteiger charge is 2.38. The number of hydrogen-bond acceptors (Lipinski definition) is 4. The zero-order chi connectivity index (χ0) is 12.1. The maximum absolute atomic E-state index is 4.60. The molecule has 2 aliphatic heterocycles. The molecule has 2 aliphatic rings. The van der Waals surface area contributed by atoms with Crippen molar-refractivity contribution in [3.05, 3.63) is 16.2 Å². The smallest absolute Gasteiger partial charge is 0.142 e. The zero-order valence-electron chi connectivity index (χ0n) is 9.97. The van der Waals surface area contributed by atoms with Crippen molar-refractivity contribution in [2.75, 3.05) is 4.90 Å². The van der Waals surface area contributed by atoms with Gasteiger partial charge in [-0.1, -0.05) is 0 Å². The summed E-state index contributed by atoms with van der Waals surface area (Å²) in [7, 11) is 0. The van der Waals surface area contributed by atoms with Crippen molar-refractivity contribution >= 4 is 43.3 Å². The number of nitrogens with zero attached hydrogens (tertiary/aromatic N) is 3. The topological polar surface area (TPSA) is 29.0 Å². The Morgan fingerprint density at radius 2 is 1.94 bits per heavy atom. The molecular weight excluding hydrogens is 310 g/mol. The molecule has 3 nitrogen and oxygen atoms in total. The van der Waals surface area contributed by atoms with Crippen molar-refractivity contribution in [3.63, 3.8) is 0 Å². The quantitative estimate of drug-likeness (QED) is 0.795. The van der Waals surface area contributed by atoms with E-state index in [9.17, 15) is 0 Å². The summed E-state index contributed by atoms with van der Waals surface area (Å²) >= 11 is 5.34. The van der Waals surface area contributed by atoms with Gasteiger partial charge < -0.3 is 4.90 Å². The Kier molecular flexibility index (Phi) is 2.59. The fourth-order valence-corrected chi connectivity index (χ4v) is 5.02. The van der Waals surface area contributed by atoms with Gasteiger partial charge in [-0.3, -0.25) is 0 Å². The lowest BCUT2D eigenvalue weighted by Gasteiger charge is -2.36. The minimum absolute atomic E-state index is 0.702. The Morgan fingerprint density at radius 3 is 2.72 bits per heavy atom. The van der Waals surface area contributed by atoms with Gasteiger partial charge in [0, 0.05) is 21.9 Å². The number of hydrogen-bond donors (Lipinski definition) is 0. The number of aromatic nitrogens is 2. The lowest BCUT2D eigenvalue weighted by molar-refractivity contribution is 0.465. The molecule has 0 radical (unpaired) electrons. The highest BCUT2D eigenvalue weighted by atomic mass is 79.9. The molecule has 2 bridgehead atoms. The first-order valence-electron chi connectivity index (χ1n) is 6.50. The first kappa shape index (κ1) is 11.2. The summed E-state index contributed by atoms with van der Waals surface area (Å²) in [5, 5.41) is 3.33. The second-order valence-corrected chi connectivity index (χ2v) is 6.90. The fourth-order valence-electron chi connectivity index (χ4n) is 3.48. The summed E-state index contributed by atoms with van der Waals surface area (Å²) < 4.78 is 1.14. The minimum atomic E-state index is 0.702. The van der Waals surface area contributed by atoms with E-state index in [2.05, 4.69) is 36.2 Å². The molecule has 2 aromatic heterocycles. The first-order valence-corrected chi connectivity index (χ1v) is 8.18. The van der Waals surface area contributed by atoms with Crippen molar-refractivity contribution in [3.8, 4) is 0 Å². The summed E-state index contributed by atoms with van der Waals surface area (Å²) in [5.74, 6) is 1.15. The molecule has 0 aliphatic carbocycles. The summed E-state index contributed by atoms with van der Waals surface area (Å²) in [6.07, 6.45) is 8.41. The largest absolute Gasteiger partial charge is 0.350 e. The molecule has 4 heterocycles. The average Bonchev–Trinajstić information content (AvgIpc) is 2.88. The van der Waals surface area contributed by atoms with Crippen LogP contribution in [0.2, 0.25) is 0 Å². The van der Waals surface area contributed by atoms with Crippen LogP contribution in [0.5, 0.6) is 0 Å². The van der Waals surface area contributed by atoms with E-state index in [1.807, 2.05) is 0 Å². The summed E-state index contributed by atoms with van der Waals surface area (Å²) in [4.78, 5) is 12.6. The van der Waals surface area contributed by atoms with Crippen LogP contribution in [0.15, 0.2) is 16.2 Å². The molecule has 18 heavy (non-hydrogen) atoms. The second kappa shape index (κ2) is 4.17. The van der Waals surface area contributed by atoms with E-state index in [1.54, 1.807) is 17.7 Å². The standard InChI is InChI=1S/C13H14BrN3S/c14-10-6-18-13-11(10)12(15-7-16-13)17-8-2-1-3-9(17)5-4-8/h6-9H,1-5H2. The van der Waals surface area contributed by atoms with E-state index in [1.165, 1.54) is 37.5 Å². The summed E-state index contributed by atoms with van der Waals surface area (Å²) in [5.41, 5.74) is 0. The summed E-state index contributed by atoms with van der Waals surface area (Å²) in [6.45, 7) is 0. The SMILES string of the molecule is Brc1csc2ncnc(N3C4CCCC3CC4)c12. The van der Waals surface area contributed by atoms with Gasteiger partial charge in [-0.15, -0.1) is 11.3 Å². The molecule has 2 saturated heterocycles. The molecule has 2 unspecified atom stereocenters. The van der Waals surface area contributed by atoms with Crippen LogP contribution in [0.1, 0.15) is 32.1 Å². The van der Waals surface area contributed by atoms with Crippen LogP contribution in [-0.4, -0.2) is 22.1 Å². The predicted octanol–water partition coefficient (Wildman–Crippen LogP) is 3.98. The number of halogens is 1. The number of thiophene rings is 1. The van der Waals surface area contributed by atoms with Crippen LogP contribution in [0.3, 0.4) is 0 Å². The molecule has 5 heteroatoms. The monoisotopic (exact) mass is 323 g/mol. The molecule has 0 N–H and O–H groups in total. The van der Waals surface area contributed by atoms with E-state index >= 15 is 0 Å². The molecule has 0 aromatic carbocycles. The number of anilines is 1. The Hall–Kier alpha value is -0.680. The van der Waals surface area contributed by atoms with Gasteiger partial charge in [0.15, 0.2) is 0 Å². The predicted molar refractivity (Wildman–Crippen MR) is 78.3 cm³/mol. The Balaban J connectivity index is 1.89. The molecular formula is C13H14BrN3S. The molecule has 2 atom stereocenters. The number of fused-ring (bicyclic) bond motifs is 3. The lowest BCUT2D eigenvalue weighted by Crippen LogP contribution is -2.40. The van der Waals surface area contributed by atoms with Crippen LogP contribution < -0.4 is 4.90 Å². The van der Waals surface area contributed by atoms with Gasteiger partial charge in [0.1, 0.15) is 17.0 Å². The second-order valence-electron chi connectivity index (χ2n) is 5.18. The maximum Gasteiger partial charge on any atom is 0.142 e. The van der Waals surface area contributed by atoms with Gasteiger partial charge in [-0.2, -0.15) is 0 Å². The van der Waals surface area contributed by atoms with Crippen LogP contribution in [0, 0.1) is 0 Å². The number of rotatable bonds is 1. The van der Waals surface area contributed by atoms with Crippen LogP contribution in [0.4, 0.5) is 5.82 Å². The first-order chi connectivity index (χ1) is 8.84. The number of piperidine rings is 1. The van der Waals surface area contributed by atoms with Gasteiger partial charge in [0.2, 0.25) is 0 Å². The third-order valence-corrected chi connectivity index (χ3v) is 6.06. The van der Waals surface area contributed by atoms with Crippen molar-refractivity contribution in [1.29, 1.82) is 0 Å². The van der Waals surface area contributed by atoms with Crippen LogP contribution in [0.25, 0.3) is 10.2 Å². The van der Waals surface area contributed by atoms with Gasteiger partial charge in [0.25, 0.3) is 0 Å². The van der Waals surface area contributed by atoms with Gasteiger partial charge in [-0.25, -0.2) is 9.97 Å². The van der Waals surface area contributed by atoms with E-state index in [0.29, 0.717) is 12.1 Å². The minimum Gasteiger partial charge on any atom is -0.350 e. The van der Waals surface area contributed by atoms with E-state index in [4.69, 9.17) is 0 Å². The van der Waals surface area contributed by atoms with Gasteiger partial charge in [0.05, 0.1) is 5.39 Å². The normalized spacial score (nSPS) is 27.1. The fraction of sp³-hybridized carbons (Fsp3) is 0.538. The van der Waals surface area contributed by atoms with Crippen molar-refractivity contribution in [2.24, 2.45) is 0 Å². The van der Waals surface area contributed by atoms with E-state index in [0.717, 1.165) is 15.1 Å². The Labute approximate surface area is 118 Å². The van der Waals surface area contributed by atoms with E-state index in [-0.39, 0.29) is 0 Å². The van der Waals surface area contributed by atoms with Crippen molar-refractivity contribution < 1.29 is 0 Å². The maximum atomic E-state index is 4.60.